The summed E-state index contributed by atoms with van der Waals surface area (Å²) in [6, 6.07) is 9.99. The predicted molar refractivity (Wildman–Crippen MR) is 101 cm³/mol. The molecule has 0 bridgehead atoms. The molecule has 5 nitrogen and oxygen atoms in total. The first-order valence-corrected chi connectivity index (χ1v) is 8.83. The average molecular weight is 355 g/mol. The van der Waals surface area contributed by atoms with E-state index >= 15 is 0 Å². The summed E-state index contributed by atoms with van der Waals surface area (Å²) >= 11 is 3.97. The zero-order chi connectivity index (χ0) is 18.2. The van der Waals surface area contributed by atoms with Crippen molar-refractivity contribution in [2.45, 2.75) is 44.8 Å². The minimum absolute atomic E-state index is 0.00437. The molecule has 0 aromatic heterocycles. The van der Waals surface area contributed by atoms with Crippen molar-refractivity contribution in [2.75, 3.05) is 19.7 Å². The second-order valence-corrected chi connectivity index (χ2v) is 6.67. The van der Waals surface area contributed by atoms with Gasteiger partial charge in [-0.2, -0.15) is 12.6 Å². The van der Waals surface area contributed by atoms with E-state index < -0.39 is 0 Å². The summed E-state index contributed by atoms with van der Waals surface area (Å²) in [6.07, 6.45) is 2.56. The van der Waals surface area contributed by atoms with E-state index in [2.05, 4.69) is 23.3 Å². The van der Waals surface area contributed by atoms with Gasteiger partial charge in [0.2, 0.25) is 11.8 Å². The standard InChI is InChI=1S/C15H22N2O3.C3H8S/c18-11-5-10-16-15(20)12-17-14(19)9-4-8-13-6-2-1-3-7-13;1-3(2)4/h1-3,6-7,18H,4-5,8-12H2,(H,16,20)(H,17,19);3-4H,1-2H3. The van der Waals surface area contributed by atoms with Crippen molar-refractivity contribution < 1.29 is 14.7 Å². The number of hydrogen-bond acceptors (Lipinski definition) is 4. The van der Waals surface area contributed by atoms with Crippen LogP contribution in [0.25, 0.3) is 0 Å². The van der Waals surface area contributed by atoms with Crippen molar-refractivity contribution in [3.63, 3.8) is 0 Å². The number of aliphatic hydroxyl groups excluding tert-OH is 1. The van der Waals surface area contributed by atoms with Crippen LogP contribution in [-0.4, -0.2) is 41.9 Å². The van der Waals surface area contributed by atoms with Crippen LogP contribution in [0.4, 0.5) is 0 Å². The first-order chi connectivity index (χ1) is 11.5. The fourth-order valence-electron chi connectivity index (χ4n) is 1.73. The Morgan fingerprint density at radius 1 is 1.08 bits per heavy atom. The fourth-order valence-corrected chi connectivity index (χ4v) is 1.73. The van der Waals surface area contributed by atoms with E-state index in [1.807, 2.05) is 44.2 Å². The van der Waals surface area contributed by atoms with Crippen molar-refractivity contribution in [3.8, 4) is 0 Å². The highest BCUT2D eigenvalue weighted by Gasteiger charge is 2.05. The number of aryl methyl sites for hydroxylation is 1. The quantitative estimate of drug-likeness (QED) is 0.404. The van der Waals surface area contributed by atoms with Gasteiger partial charge in [0.15, 0.2) is 0 Å². The Balaban J connectivity index is 0.00000118. The van der Waals surface area contributed by atoms with Crippen LogP contribution in [0.15, 0.2) is 30.3 Å². The molecule has 0 radical (unpaired) electrons. The third kappa shape index (κ3) is 15.4. The van der Waals surface area contributed by atoms with Gasteiger partial charge >= 0.3 is 0 Å². The number of aliphatic hydroxyl groups is 1. The van der Waals surface area contributed by atoms with E-state index in [-0.39, 0.29) is 25.0 Å². The number of carbonyl (C=O) groups excluding carboxylic acids is 2. The third-order valence-corrected chi connectivity index (χ3v) is 2.82. The number of amides is 2. The lowest BCUT2D eigenvalue weighted by molar-refractivity contribution is -0.126. The largest absolute Gasteiger partial charge is 0.396 e. The monoisotopic (exact) mass is 354 g/mol. The number of benzene rings is 1. The summed E-state index contributed by atoms with van der Waals surface area (Å²) in [7, 11) is 0. The predicted octanol–water partition coefficient (Wildman–Crippen LogP) is 1.95. The van der Waals surface area contributed by atoms with Crippen LogP contribution >= 0.6 is 12.6 Å². The van der Waals surface area contributed by atoms with Gasteiger partial charge in [-0.3, -0.25) is 9.59 Å². The van der Waals surface area contributed by atoms with Gasteiger partial charge in [-0.15, -0.1) is 0 Å². The second kappa shape index (κ2) is 15.0. The van der Waals surface area contributed by atoms with Crippen LogP contribution in [0.3, 0.4) is 0 Å². The molecule has 0 saturated heterocycles. The number of carbonyl (C=O) groups is 2. The highest BCUT2D eigenvalue weighted by Crippen LogP contribution is 2.04. The minimum atomic E-state index is -0.227. The lowest BCUT2D eigenvalue weighted by atomic mass is 10.1. The molecule has 1 aromatic rings. The summed E-state index contributed by atoms with van der Waals surface area (Å²) in [5, 5.41) is 14.3. The molecule has 2 amide bonds. The first kappa shape index (κ1) is 22.5. The molecule has 0 heterocycles. The number of rotatable bonds is 9. The molecular weight excluding hydrogens is 324 g/mol. The zero-order valence-electron chi connectivity index (χ0n) is 14.6. The summed E-state index contributed by atoms with van der Waals surface area (Å²) in [4.78, 5) is 22.8. The van der Waals surface area contributed by atoms with Gasteiger partial charge in [-0.25, -0.2) is 0 Å². The maximum atomic E-state index is 11.5. The maximum Gasteiger partial charge on any atom is 0.239 e. The second-order valence-electron chi connectivity index (χ2n) is 5.64. The normalized spacial score (nSPS) is 9.88. The SMILES string of the molecule is CC(C)S.O=C(CCCc1ccccc1)NCC(=O)NCCCO. The third-order valence-electron chi connectivity index (χ3n) is 2.82. The van der Waals surface area contributed by atoms with Crippen LogP contribution in [0.2, 0.25) is 0 Å². The Kier molecular flexibility index (Phi) is 14.1. The number of thiol groups is 1. The van der Waals surface area contributed by atoms with Gasteiger partial charge < -0.3 is 15.7 Å². The average Bonchev–Trinajstić information content (AvgIpc) is 2.54. The van der Waals surface area contributed by atoms with E-state index in [4.69, 9.17) is 5.11 Å². The van der Waals surface area contributed by atoms with Crippen LogP contribution < -0.4 is 10.6 Å². The molecule has 0 aliphatic rings. The highest BCUT2D eigenvalue weighted by atomic mass is 32.1. The van der Waals surface area contributed by atoms with Gasteiger partial charge in [0.1, 0.15) is 0 Å². The summed E-state index contributed by atoms with van der Waals surface area (Å²) < 4.78 is 0. The van der Waals surface area contributed by atoms with Crippen molar-refractivity contribution in [1.29, 1.82) is 0 Å². The van der Waals surface area contributed by atoms with E-state index in [1.165, 1.54) is 5.56 Å². The van der Waals surface area contributed by atoms with Gasteiger partial charge in [0, 0.05) is 19.6 Å². The fraction of sp³-hybridized carbons (Fsp3) is 0.556. The number of hydrogen-bond donors (Lipinski definition) is 4. The Hall–Kier alpha value is -1.53. The van der Waals surface area contributed by atoms with E-state index in [0.717, 1.165) is 12.8 Å². The van der Waals surface area contributed by atoms with Crippen molar-refractivity contribution in [3.05, 3.63) is 35.9 Å². The Bertz CT molecular complexity index is 450. The molecule has 0 fully saturated rings. The Morgan fingerprint density at radius 2 is 1.71 bits per heavy atom. The molecule has 0 aliphatic carbocycles. The van der Waals surface area contributed by atoms with Crippen LogP contribution in [-0.2, 0) is 16.0 Å². The smallest absolute Gasteiger partial charge is 0.239 e. The van der Waals surface area contributed by atoms with E-state index in [1.54, 1.807) is 0 Å². The lowest BCUT2D eigenvalue weighted by Gasteiger charge is -2.06. The minimum Gasteiger partial charge on any atom is -0.396 e. The molecular formula is C18H30N2O3S. The molecule has 1 aromatic carbocycles. The molecule has 0 unspecified atom stereocenters. The number of nitrogens with one attached hydrogen (secondary N) is 2. The highest BCUT2D eigenvalue weighted by molar-refractivity contribution is 7.80. The summed E-state index contributed by atoms with van der Waals surface area (Å²) in [6.45, 7) is 4.53. The molecule has 24 heavy (non-hydrogen) atoms. The lowest BCUT2D eigenvalue weighted by Crippen LogP contribution is -2.37. The molecule has 0 aliphatic heterocycles. The summed E-state index contributed by atoms with van der Waals surface area (Å²) in [5.41, 5.74) is 1.21. The molecule has 0 atom stereocenters. The van der Waals surface area contributed by atoms with Crippen LogP contribution in [0.1, 0.15) is 38.7 Å². The van der Waals surface area contributed by atoms with E-state index in [9.17, 15) is 9.59 Å². The molecule has 1 rings (SSSR count). The van der Waals surface area contributed by atoms with Gasteiger partial charge in [0.05, 0.1) is 6.54 Å². The summed E-state index contributed by atoms with van der Waals surface area (Å²) in [5.74, 6) is -0.340. The van der Waals surface area contributed by atoms with Crippen LogP contribution in [0, 0.1) is 0 Å². The zero-order valence-corrected chi connectivity index (χ0v) is 15.5. The Labute approximate surface area is 150 Å². The van der Waals surface area contributed by atoms with Crippen molar-refractivity contribution >= 4 is 24.4 Å². The van der Waals surface area contributed by atoms with E-state index in [0.29, 0.717) is 24.6 Å². The van der Waals surface area contributed by atoms with Crippen molar-refractivity contribution in [2.24, 2.45) is 0 Å². The van der Waals surface area contributed by atoms with Gasteiger partial charge in [0.25, 0.3) is 0 Å². The van der Waals surface area contributed by atoms with Crippen molar-refractivity contribution in [1.82, 2.24) is 10.6 Å². The maximum absolute atomic E-state index is 11.5. The molecule has 3 N–H and O–H groups in total. The Morgan fingerprint density at radius 3 is 2.29 bits per heavy atom. The van der Waals surface area contributed by atoms with Crippen LogP contribution in [0.5, 0.6) is 0 Å². The van der Waals surface area contributed by atoms with Gasteiger partial charge in [-0.1, -0.05) is 44.2 Å². The van der Waals surface area contributed by atoms with Gasteiger partial charge in [-0.05, 0) is 30.1 Å². The molecule has 0 spiro atoms. The first-order valence-electron chi connectivity index (χ1n) is 8.32. The molecule has 0 saturated carbocycles. The molecule has 136 valence electrons. The molecule has 6 heteroatoms. The topological polar surface area (TPSA) is 78.4 Å².